The monoisotopic (exact) mass is 369 g/mol. The lowest BCUT2D eigenvalue weighted by Crippen LogP contribution is -2.16. The molecule has 2 aromatic rings. The lowest BCUT2D eigenvalue weighted by Gasteiger charge is -2.11. The Morgan fingerprint density at radius 1 is 1.15 bits per heavy atom. The molecule has 1 N–H and O–H groups in total. The summed E-state index contributed by atoms with van der Waals surface area (Å²) in [4.78, 5) is 0.598. The second kappa shape index (κ2) is 7.74. The summed E-state index contributed by atoms with van der Waals surface area (Å²) in [6, 6.07) is 15.6. The Hall–Kier alpha value is -0.940. The first kappa shape index (κ1) is 15.4. The molecule has 2 rings (SSSR count). The molecule has 0 fully saturated rings. The Bertz CT molecular complexity index is 592. The van der Waals surface area contributed by atoms with Gasteiger partial charge in [-0.15, -0.1) is 0 Å². The van der Waals surface area contributed by atoms with Gasteiger partial charge in [-0.3, -0.25) is 0 Å². The van der Waals surface area contributed by atoms with E-state index in [1.807, 2.05) is 48.5 Å². The molecule has 20 heavy (non-hydrogen) atoms. The molecular formula is C15H13BrClNOS. The number of thiocarbonyl (C=S) groups is 1. The highest BCUT2D eigenvalue weighted by Crippen LogP contribution is 2.29. The second-order valence-electron chi connectivity index (χ2n) is 4.13. The van der Waals surface area contributed by atoms with Crippen molar-refractivity contribution in [1.82, 2.24) is 0 Å². The van der Waals surface area contributed by atoms with Crippen LogP contribution < -0.4 is 5.32 Å². The summed E-state index contributed by atoms with van der Waals surface area (Å²) < 4.78 is 6.40. The predicted molar refractivity (Wildman–Crippen MR) is 91.5 cm³/mol. The molecule has 0 aromatic heterocycles. The third kappa shape index (κ3) is 4.56. The highest BCUT2D eigenvalue weighted by molar-refractivity contribution is 9.10. The van der Waals surface area contributed by atoms with Crippen LogP contribution in [0.1, 0.15) is 5.56 Å². The van der Waals surface area contributed by atoms with Crippen LogP contribution in [0.15, 0.2) is 53.0 Å². The van der Waals surface area contributed by atoms with Crippen LogP contribution in [-0.2, 0) is 11.3 Å². The molecule has 2 aromatic carbocycles. The number of nitrogens with one attached hydrogen (secondary N) is 1. The van der Waals surface area contributed by atoms with E-state index >= 15 is 0 Å². The first-order valence-corrected chi connectivity index (χ1v) is 7.60. The van der Waals surface area contributed by atoms with Gasteiger partial charge in [0.15, 0.2) is 0 Å². The van der Waals surface area contributed by atoms with Crippen molar-refractivity contribution >= 4 is 50.4 Å². The molecule has 0 unspecified atom stereocenters. The maximum absolute atomic E-state index is 6.16. The van der Waals surface area contributed by atoms with E-state index in [1.54, 1.807) is 0 Å². The van der Waals surface area contributed by atoms with Crippen LogP contribution in [0, 0.1) is 0 Å². The van der Waals surface area contributed by atoms with Gasteiger partial charge in [0.2, 0.25) is 0 Å². The summed E-state index contributed by atoms with van der Waals surface area (Å²) in [6.45, 7) is 0.891. The lowest BCUT2D eigenvalue weighted by molar-refractivity contribution is 0.159. The molecule has 0 aliphatic rings. The van der Waals surface area contributed by atoms with Gasteiger partial charge in [-0.05, 0) is 33.6 Å². The largest absolute Gasteiger partial charge is 0.370 e. The number of hydrogen-bond donors (Lipinski definition) is 1. The van der Waals surface area contributed by atoms with Crippen LogP contribution in [0.25, 0.3) is 0 Å². The fraction of sp³-hybridized carbons (Fsp3) is 0.133. The number of benzene rings is 2. The van der Waals surface area contributed by atoms with Crippen LogP contribution >= 0.6 is 39.7 Å². The van der Waals surface area contributed by atoms with E-state index in [1.165, 1.54) is 0 Å². The first-order valence-electron chi connectivity index (χ1n) is 6.02. The topological polar surface area (TPSA) is 21.3 Å². The van der Waals surface area contributed by atoms with E-state index in [-0.39, 0.29) is 0 Å². The summed E-state index contributed by atoms with van der Waals surface area (Å²) in [5.41, 5.74) is 1.89. The number of halogens is 2. The minimum atomic E-state index is 0.354. The van der Waals surface area contributed by atoms with Gasteiger partial charge in [0.1, 0.15) is 4.99 Å². The zero-order valence-electron chi connectivity index (χ0n) is 10.6. The Kier molecular flexibility index (Phi) is 5.98. The Morgan fingerprint density at radius 2 is 1.90 bits per heavy atom. The van der Waals surface area contributed by atoms with E-state index in [4.69, 9.17) is 28.6 Å². The van der Waals surface area contributed by atoms with Crippen molar-refractivity contribution in [3.63, 3.8) is 0 Å². The highest BCUT2D eigenvalue weighted by Gasteiger charge is 2.05. The zero-order chi connectivity index (χ0) is 14.4. The number of anilines is 1. The maximum Gasteiger partial charge on any atom is 0.106 e. The molecule has 0 amide bonds. The SMILES string of the molecule is S=C(COCc1ccccc1)Nc1cccc(Br)c1Cl. The summed E-state index contributed by atoms with van der Waals surface area (Å²) >= 11 is 14.8. The molecule has 0 heterocycles. The van der Waals surface area contributed by atoms with Crippen molar-refractivity contribution in [3.05, 3.63) is 63.6 Å². The lowest BCUT2D eigenvalue weighted by atomic mass is 10.2. The highest BCUT2D eigenvalue weighted by atomic mass is 79.9. The predicted octanol–water partition coefficient (Wildman–Crippen LogP) is 5.06. The van der Waals surface area contributed by atoms with Crippen molar-refractivity contribution in [3.8, 4) is 0 Å². The fourth-order valence-electron chi connectivity index (χ4n) is 1.62. The van der Waals surface area contributed by atoms with Crippen LogP contribution in [0.5, 0.6) is 0 Å². The number of rotatable bonds is 5. The van der Waals surface area contributed by atoms with Gasteiger partial charge in [0.05, 0.1) is 23.9 Å². The molecule has 0 atom stereocenters. The summed E-state index contributed by atoms with van der Waals surface area (Å²) in [5, 5.41) is 3.69. The van der Waals surface area contributed by atoms with Gasteiger partial charge >= 0.3 is 0 Å². The summed E-state index contributed by atoms with van der Waals surface area (Å²) in [7, 11) is 0. The Labute approximate surface area is 137 Å². The summed E-state index contributed by atoms with van der Waals surface area (Å²) in [6.07, 6.45) is 0. The Morgan fingerprint density at radius 3 is 2.65 bits per heavy atom. The van der Waals surface area contributed by atoms with E-state index in [2.05, 4.69) is 21.2 Å². The average molecular weight is 371 g/mol. The molecule has 0 spiro atoms. The Balaban J connectivity index is 1.82. The third-order valence-corrected chi connectivity index (χ3v) is 4.09. The third-order valence-electron chi connectivity index (χ3n) is 2.57. The molecule has 0 aliphatic carbocycles. The second-order valence-corrected chi connectivity index (χ2v) is 5.85. The van der Waals surface area contributed by atoms with E-state index in [0.717, 1.165) is 15.7 Å². The van der Waals surface area contributed by atoms with Gasteiger partial charge in [-0.25, -0.2) is 0 Å². The van der Waals surface area contributed by atoms with Gasteiger partial charge in [-0.2, -0.15) is 0 Å². The van der Waals surface area contributed by atoms with Gasteiger partial charge in [-0.1, -0.05) is 60.2 Å². The number of ether oxygens (including phenoxy) is 1. The van der Waals surface area contributed by atoms with E-state index in [9.17, 15) is 0 Å². The normalized spacial score (nSPS) is 10.3. The molecule has 0 saturated carbocycles. The smallest absolute Gasteiger partial charge is 0.106 e. The van der Waals surface area contributed by atoms with Crippen molar-refractivity contribution in [2.24, 2.45) is 0 Å². The van der Waals surface area contributed by atoms with Gasteiger partial charge < -0.3 is 10.1 Å². The molecule has 0 bridgehead atoms. The molecule has 0 radical (unpaired) electrons. The van der Waals surface area contributed by atoms with Gasteiger partial charge in [0, 0.05) is 4.47 Å². The number of hydrogen-bond acceptors (Lipinski definition) is 2. The van der Waals surface area contributed by atoms with Crippen molar-refractivity contribution in [2.45, 2.75) is 6.61 Å². The quantitative estimate of drug-likeness (QED) is 0.743. The molecule has 2 nitrogen and oxygen atoms in total. The molecule has 5 heteroatoms. The molecule has 104 valence electrons. The summed E-state index contributed by atoms with van der Waals surface area (Å²) in [5.74, 6) is 0. The van der Waals surface area contributed by atoms with E-state index in [0.29, 0.717) is 23.2 Å². The fourth-order valence-corrected chi connectivity index (χ4v) is 2.36. The minimum Gasteiger partial charge on any atom is -0.370 e. The maximum atomic E-state index is 6.16. The van der Waals surface area contributed by atoms with E-state index < -0.39 is 0 Å². The minimum absolute atomic E-state index is 0.354. The van der Waals surface area contributed by atoms with Gasteiger partial charge in [0.25, 0.3) is 0 Å². The standard InChI is InChI=1S/C15H13BrClNOS/c16-12-7-4-8-13(15(12)17)18-14(20)10-19-9-11-5-2-1-3-6-11/h1-8H,9-10H2,(H,18,20). The van der Waals surface area contributed by atoms with Crippen LogP contribution in [0.3, 0.4) is 0 Å². The van der Waals surface area contributed by atoms with Crippen molar-refractivity contribution in [1.29, 1.82) is 0 Å². The first-order chi connectivity index (χ1) is 9.66. The van der Waals surface area contributed by atoms with Crippen LogP contribution in [-0.4, -0.2) is 11.6 Å². The zero-order valence-corrected chi connectivity index (χ0v) is 13.8. The van der Waals surface area contributed by atoms with Crippen LogP contribution in [0.4, 0.5) is 5.69 Å². The van der Waals surface area contributed by atoms with Crippen molar-refractivity contribution < 1.29 is 4.74 Å². The average Bonchev–Trinajstić information content (AvgIpc) is 2.45. The van der Waals surface area contributed by atoms with Crippen molar-refractivity contribution in [2.75, 3.05) is 11.9 Å². The molecule has 0 aliphatic heterocycles. The molecular weight excluding hydrogens is 358 g/mol. The van der Waals surface area contributed by atoms with Crippen LogP contribution in [0.2, 0.25) is 5.02 Å². The molecule has 0 saturated heterocycles.